The lowest BCUT2D eigenvalue weighted by molar-refractivity contribution is -0.186. The van der Waals surface area contributed by atoms with Crippen molar-refractivity contribution in [2.45, 2.75) is 89.1 Å². The molecule has 4 aliphatic carbocycles. The molecule has 0 unspecified atom stereocenters. The Labute approximate surface area is 192 Å². The highest BCUT2D eigenvalue weighted by atomic mass is 16.7. The number of hydrogen-bond acceptors (Lipinski definition) is 7. The molecular weight excluding hydrogens is 424 g/mol. The first-order chi connectivity index (χ1) is 15.6. The maximum atomic E-state index is 12.2. The number of rotatable bonds is 2. The molecule has 7 heteroatoms. The summed E-state index contributed by atoms with van der Waals surface area (Å²) in [4.78, 5) is 35.9. The third-order valence-corrected chi connectivity index (χ3v) is 10.4. The van der Waals surface area contributed by atoms with Crippen LogP contribution in [0.15, 0.2) is 27.6 Å². The number of fused-ring (bicyclic) bond motifs is 3. The zero-order valence-electron chi connectivity index (χ0n) is 19.4. The lowest BCUT2D eigenvalue weighted by Crippen LogP contribution is -2.63. The number of carbonyl (C=O) groups is 2. The van der Waals surface area contributed by atoms with Gasteiger partial charge in [-0.05, 0) is 60.5 Å². The van der Waals surface area contributed by atoms with Crippen LogP contribution in [0.25, 0.3) is 0 Å². The molecule has 0 amide bonds. The molecule has 1 saturated heterocycles. The molecule has 2 heterocycles. The van der Waals surface area contributed by atoms with E-state index in [2.05, 4.69) is 13.8 Å². The summed E-state index contributed by atoms with van der Waals surface area (Å²) in [5.74, 6) is 0.473. The van der Waals surface area contributed by atoms with Gasteiger partial charge < -0.3 is 19.0 Å². The second-order valence-electron chi connectivity index (χ2n) is 11.5. The minimum Gasteiger partial charge on any atom is -0.459 e. The highest BCUT2D eigenvalue weighted by Gasteiger charge is 2.86. The Morgan fingerprint density at radius 1 is 1.18 bits per heavy atom. The zero-order valence-corrected chi connectivity index (χ0v) is 19.4. The second kappa shape index (κ2) is 6.79. The Morgan fingerprint density at radius 3 is 2.67 bits per heavy atom. The number of aliphatic hydroxyl groups excluding tert-OH is 1. The average molecular weight is 457 g/mol. The predicted octanol–water partition coefficient (Wildman–Crippen LogP) is 2.98. The molecule has 1 aromatic heterocycles. The first-order valence-corrected chi connectivity index (χ1v) is 12.3. The molecule has 7 nitrogen and oxygen atoms in total. The first kappa shape index (κ1) is 21.5. The molecule has 178 valence electrons. The van der Waals surface area contributed by atoms with Crippen LogP contribution in [0, 0.1) is 28.6 Å². The van der Waals surface area contributed by atoms with Gasteiger partial charge in [0, 0.05) is 37.2 Å². The number of Topliss-reactive ketones (excluding diaryl/α,β-unsaturated/α-hetero) is 1. The summed E-state index contributed by atoms with van der Waals surface area (Å²) in [5, 5.41) is 11.8. The van der Waals surface area contributed by atoms with E-state index < -0.39 is 28.8 Å². The van der Waals surface area contributed by atoms with E-state index in [1.54, 1.807) is 6.07 Å². The maximum Gasteiger partial charge on any atom is 0.335 e. The summed E-state index contributed by atoms with van der Waals surface area (Å²) in [6.45, 7) is 5.77. The fraction of sp³-hybridized carbons (Fsp3) is 0.731. The molecule has 33 heavy (non-hydrogen) atoms. The van der Waals surface area contributed by atoms with Crippen LogP contribution >= 0.6 is 0 Å². The monoisotopic (exact) mass is 456 g/mol. The fourth-order valence-electron chi connectivity index (χ4n) is 8.87. The molecule has 1 aliphatic heterocycles. The van der Waals surface area contributed by atoms with Gasteiger partial charge in [0.15, 0.2) is 0 Å². The quantitative estimate of drug-likeness (QED) is 0.539. The van der Waals surface area contributed by atoms with Gasteiger partial charge >= 0.3 is 11.6 Å². The lowest BCUT2D eigenvalue weighted by Gasteiger charge is -2.61. The van der Waals surface area contributed by atoms with E-state index in [-0.39, 0.29) is 35.2 Å². The molecule has 0 radical (unpaired) electrons. The largest absolute Gasteiger partial charge is 0.459 e. The van der Waals surface area contributed by atoms with Crippen LogP contribution in [0.3, 0.4) is 0 Å². The van der Waals surface area contributed by atoms with Crippen molar-refractivity contribution in [3.8, 4) is 0 Å². The van der Waals surface area contributed by atoms with Crippen molar-refractivity contribution in [1.29, 1.82) is 0 Å². The van der Waals surface area contributed by atoms with Gasteiger partial charge in [0.2, 0.25) is 0 Å². The molecule has 1 spiro atoms. The topological polar surface area (TPSA) is 106 Å². The van der Waals surface area contributed by atoms with Crippen molar-refractivity contribution in [3.05, 3.63) is 34.4 Å². The van der Waals surface area contributed by atoms with Gasteiger partial charge in [-0.1, -0.05) is 13.8 Å². The van der Waals surface area contributed by atoms with Crippen LogP contribution in [-0.4, -0.2) is 40.8 Å². The number of carbonyl (C=O) groups excluding carboxylic acids is 2. The van der Waals surface area contributed by atoms with Crippen LogP contribution in [0.2, 0.25) is 0 Å². The van der Waals surface area contributed by atoms with Gasteiger partial charge in [-0.3, -0.25) is 9.59 Å². The van der Waals surface area contributed by atoms with Crippen molar-refractivity contribution >= 4 is 11.8 Å². The van der Waals surface area contributed by atoms with Gasteiger partial charge in [-0.15, -0.1) is 0 Å². The van der Waals surface area contributed by atoms with Gasteiger partial charge in [0.1, 0.15) is 23.6 Å². The van der Waals surface area contributed by atoms with E-state index in [1.165, 1.54) is 19.3 Å². The van der Waals surface area contributed by atoms with E-state index in [1.807, 2.05) is 0 Å². The lowest BCUT2D eigenvalue weighted by atomic mass is 9.43. The van der Waals surface area contributed by atoms with E-state index in [0.29, 0.717) is 31.0 Å². The minimum atomic E-state index is -0.688. The maximum absolute atomic E-state index is 12.2. The SMILES string of the molecule is CC(=O)O[C@H]1[C@H]2O[C@]23[C@@H]2CC[C@@H]4CC(=O)CC[C@]4(C)[C@H]2C[C@H](O)[C@]3(C)[C@H]1c1ccc(=O)oc1. The molecule has 0 aromatic carbocycles. The highest BCUT2D eigenvalue weighted by molar-refractivity contribution is 5.79. The molecule has 1 N–H and O–H groups in total. The number of esters is 1. The number of ether oxygens (including phenoxy) is 2. The Morgan fingerprint density at radius 2 is 1.97 bits per heavy atom. The second-order valence-corrected chi connectivity index (χ2v) is 11.5. The summed E-state index contributed by atoms with van der Waals surface area (Å²) >= 11 is 0. The molecular formula is C26H32O7. The van der Waals surface area contributed by atoms with Crippen molar-refractivity contribution in [3.63, 3.8) is 0 Å². The summed E-state index contributed by atoms with van der Waals surface area (Å²) in [7, 11) is 0. The Kier molecular flexibility index (Phi) is 4.43. The van der Waals surface area contributed by atoms with Crippen molar-refractivity contribution in [2.24, 2.45) is 28.6 Å². The normalized spacial score (nSPS) is 49.9. The number of ketones is 1. The van der Waals surface area contributed by atoms with Crippen LogP contribution in [0.4, 0.5) is 0 Å². The number of aliphatic hydroxyl groups is 1. The minimum absolute atomic E-state index is 0.00105. The summed E-state index contributed by atoms with van der Waals surface area (Å²) in [6.07, 6.45) is 4.61. The smallest absolute Gasteiger partial charge is 0.335 e. The molecule has 6 rings (SSSR count). The van der Waals surface area contributed by atoms with Crippen molar-refractivity contribution < 1.29 is 28.6 Å². The van der Waals surface area contributed by atoms with Crippen molar-refractivity contribution in [2.75, 3.05) is 0 Å². The Bertz CT molecular complexity index is 1060. The Hall–Kier alpha value is -1.99. The van der Waals surface area contributed by atoms with E-state index in [0.717, 1.165) is 24.8 Å². The van der Waals surface area contributed by atoms with Gasteiger partial charge in [-0.25, -0.2) is 4.79 Å². The molecule has 4 saturated carbocycles. The summed E-state index contributed by atoms with van der Waals surface area (Å²) in [5.41, 5.74) is -0.972. The van der Waals surface area contributed by atoms with Gasteiger partial charge in [-0.2, -0.15) is 0 Å². The van der Waals surface area contributed by atoms with Crippen molar-refractivity contribution in [1.82, 2.24) is 0 Å². The van der Waals surface area contributed by atoms with E-state index in [9.17, 15) is 19.5 Å². The van der Waals surface area contributed by atoms with Crippen LogP contribution in [-0.2, 0) is 19.1 Å². The highest BCUT2D eigenvalue weighted by Crippen LogP contribution is 2.78. The summed E-state index contributed by atoms with van der Waals surface area (Å²) in [6, 6.07) is 3.10. The average Bonchev–Trinajstić information content (AvgIpc) is 3.46. The van der Waals surface area contributed by atoms with Crippen LogP contribution in [0.1, 0.15) is 70.8 Å². The fourth-order valence-corrected chi connectivity index (χ4v) is 8.87. The standard InChI is InChI=1S/C26H32O7/c1-13(27)32-22-21(14-4-7-20(30)31-12-14)25(3)19(29)11-18-17(26(25)23(22)33-26)6-5-15-10-16(28)8-9-24(15,18)2/h4,7,12,15,17-19,21-23,29H,5-6,8-11H2,1-3H3/t15-,17-,18+,19+,21+,22-,23-,24+,25-,26-/m1/s1. The third-order valence-electron chi connectivity index (χ3n) is 10.4. The molecule has 5 aliphatic rings. The van der Waals surface area contributed by atoms with E-state index in [4.69, 9.17) is 13.9 Å². The van der Waals surface area contributed by atoms with E-state index >= 15 is 0 Å². The third kappa shape index (κ3) is 2.61. The molecule has 0 bridgehead atoms. The van der Waals surface area contributed by atoms with Crippen LogP contribution < -0.4 is 5.63 Å². The number of epoxide rings is 1. The zero-order chi connectivity index (χ0) is 23.3. The van der Waals surface area contributed by atoms with Gasteiger partial charge in [0.25, 0.3) is 0 Å². The van der Waals surface area contributed by atoms with Gasteiger partial charge in [0.05, 0.1) is 12.4 Å². The molecule has 5 fully saturated rings. The molecule has 1 aromatic rings. The first-order valence-electron chi connectivity index (χ1n) is 12.3. The number of hydrogen-bond donors (Lipinski definition) is 1. The Balaban J connectivity index is 1.45. The summed E-state index contributed by atoms with van der Waals surface area (Å²) < 4.78 is 17.6. The van der Waals surface area contributed by atoms with Crippen LogP contribution in [0.5, 0.6) is 0 Å². The predicted molar refractivity (Wildman–Crippen MR) is 116 cm³/mol. The molecule has 10 atom stereocenters.